The fourth-order valence-electron chi connectivity index (χ4n) is 7.48. The van der Waals surface area contributed by atoms with E-state index in [0.29, 0.717) is 0 Å². The SMILES string of the molecule is Cc1cc(-[n+]2c(-c3ccccc3)cc(-c3ccccc3)cc2-c2ccccc2)cc2c1OC1(C=C2)N(C)c2ccccc2C1(C)C.[O-][Cl+3]([O-])([O-])[O-]. The van der Waals surface area contributed by atoms with Gasteiger partial charge < -0.3 is 9.64 Å². The summed E-state index contributed by atoms with van der Waals surface area (Å²) in [5.41, 5.74) is 11.9. The third kappa shape index (κ3) is 6.31. The number of para-hydroxylation sites is 1. The summed E-state index contributed by atoms with van der Waals surface area (Å²) >= 11 is 0. The number of halogens is 1. The zero-order valence-corrected chi connectivity index (χ0v) is 29.5. The summed E-state index contributed by atoms with van der Waals surface area (Å²) in [4.78, 5) is 2.30. The predicted octanol–water partition coefficient (Wildman–Crippen LogP) is 5.05. The molecule has 2 aliphatic heterocycles. The van der Waals surface area contributed by atoms with Crippen LogP contribution in [0.15, 0.2) is 146 Å². The van der Waals surface area contributed by atoms with E-state index in [1.807, 2.05) is 0 Å². The van der Waals surface area contributed by atoms with Crippen LogP contribution in [0.5, 0.6) is 5.75 Å². The van der Waals surface area contributed by atoms with Gasteiger partial charge in [0.25, 0.3) is 0 Å². The molecule has 1 spiro atoms. The normalized spacial score (nSPS) is 16.9. The van der Waals surface area contributed by atoms with E-state index in [1.54, 1.807) is 0 Å². The number of likely N-dealkylation sites (N-methyl/N-ethyl adjacent to an activating group) is 1. The number of anilines is 1. The van der Waals surface area contributed by atoms with Crippen molar-refractivity contribution in [3.05, 3.63) is 162 Å². The maximum absolute atomic E-state index is 8.49. The first-order valence-electron chi connectivity index (χ1n) is 16.6. The van der Waals surface area contributed by atoms with Crippen molar-refractivity contribution >= 4 is 11.8 Å². The molecule has 1 atom stereocenters. The number of rotatable bonds is 4. The van der Waals surface area contributed by atoms with Gasteiger partial charge in [0.05, 0.1) is 5.41 Å². The number of benzene rings is 5. The van der Waals surface area contributed by atoms with Gasteiger partial charge in [0, 0.05) is 53.7 Å². The molecule has 5 aromatic carbocycles. The zero-order valence-electron chi connectivity index (χ0n) is 28.7. The summed E-state index contributed by atoms with van der Waals surface area (Å²) in [7, 11) is -2.80. The number of pyridine rings is 1. The van der Waals surface area contributed by atoms with Crippen molar-refractivity contribution in [1.82, 2.24) is 0 Å². The molecule has 256 valence electrons. The van der Waals surface area contributed by atoms with E-state index in [2.05, 4.69) is 189 Å². The highest BCUT2D eigenvalue weighted by molar-refractivity contribution is 5.76. The third-order valence-electron chi connectivity index (χ3n) is 9.94. The van der Waals surface area contributed by atoms with Gasteiger partial charge in [-0.3, -0.25) is 0 Å². The van der Waals surface area contributed by atoms with E-state index >= 15 is 0 Å². The van der Waals surface area contributed by atoms with Crippen LogP contribution >= 0.6 is 0 Å². The highest BCUT2D eigenvalue weighted by Gasteiger charge is 2.57. The van der Waals surface area contributed by atoms with Gasteiger partial charge in [-0.1, -0.05) is 84.9 Å². The minimum atomic E-state index is -4.94. The smallest absolute Gasteiger partial charge is 0.219 e. The van der Waals surface area contributed by atoms with Crippen LogP contribution in [0, 0.1) is 17.2 Å². The second kappa shape index (κ2) is 13.1. The molecule has 51 heavy (non-hydrogen) atoms. The van der Waals surface area contributed by atoms with Gasteiger partial charge in [0.1, 0.15) is 5.75 Å². The maximum Gasteiger partial charge on any atom is 0.219 e. The van der Waals surface area contributed by atoms with E-state index in [9.17, 15) is 0 Å². The highest BCUT2D eigenvalue weighted by Crippen LogP contribution is 2.54. The number of aromatic nitrogens is 1. The Morgan fingerprint density at radius 2 is 1.12 bits per heavy atom. The summed E-state index contributed by atoms with van der Waals surface area (Å²) in [6.45, 7) is 6.75. The topological polar surface area (TPSA) is 109 Å². The predicted molar refractivity (Wildman–Crippen MR) is 189 cm³/mol. The summed E-state index contributed by atoms with van der Waals surface area (Å²) in [6.07, 6.45) is 4.53. The number of ether oxygens (including phenoxy) is 1. The van der Waals surface area contributed by atoms with Gasteiger partial charge in [0.15, 0.2) is 0 Å². The molecule has 0 fully saturated rings. The van der Waals surface area contributed by atoms with Crippen molar-refractivity contribution < 1.29 is 38.2 Å². The van der Waals surface area contributed by atoms with Crippen LogP contribution in [-0.2, 0) is 5.41 Å². The van der Waals surface area contributed by atoms with Crippen molar-refractivity contribution in [3.8, 4) is 45.1 Å². The summed E-state index contributed by atoms with van der Waals surface area (Å²) in [6, 6.07) is 49.9. The molecule has 0 amide bonds. The lowest BCUT2D eigenvalue weighted by Crippen LogP contribution is -2.68. The lowest BCUT2D eigenvalue weighted by Gasteiger charge is -2.46. The van der Waals surface area contributed by atoms with E-state index in [0.717, 1.165) is 45.1 Å². The number of hydrogen-bond acceptors (Lipinski definition) is 6. The van der Waals surface area contributed by atoms with Crippen LogP contribution in [0.3, 0.4) is 0 Å². The summed E-state index contributed by atoms with van der Waals surface area (Å²) in [5.74, 6) is 0.933. The Hall–Kier alpha value is -5.28. The Bertz CT molecular complexity index is 2170. The standard InChI is InChI=1S/C43H37N2O.ClHO4/c1-30-26-36(27-34-24-25-43(46-41(30)34)42(2,3)37-22-14-15-23-38(37)44(43)4)45-39(32-18-10-6-11-19-32)28-35(31-16-8-5-9-17-31)29-40(45)33-20-12-7-13-21-33;2-1(3,4)5/h5-29H,1-4H3;(H,2,3,4,5)/q+1;/p-1. The van der Waals surface area contributed by atoms with Crippen molar-refractivity contribution in [2.75, 3.05) is 11.9 Å². The minimum Gasteiger partial charge on any atom is -0.462 e. The average molecular weight is 697 g/mol. The van der Waals surface area contributed by atoms with E-state index in [1.165, 1.54) is 22.4 Å². The number of hydrogen-bond donors (Lipinski definition) is 0. The Balaban J connectivity index is 0.000000761. The molecule has 7 nitrogen and oxygen atoms in total. The summed E-state index contributed by atoms with van der Waals surface area (Å²) in [5, 5.41) is 0. The van der Waals surface area contributed by atoms with Crippen LogP contribution in [0.25, 0.3) is 45.4 Å². The number of nitrogens with zero attached hydrogens (tertiary/aromatic N) is 2. The molecule has 1 unspecified atom stereocenters. The quantitative estimate of drug-likeness (QED) is 0.239. The minimum absolute atomic E-state index is 0.249. The molecule has 6 aromatic rings. The third-order valence-corrected chi connectivity index (χ3v) is 9.94. The van der Waals surface area contributed by atoms with Gasteiger partial charge in [-0.25, -0.2) is 18.6 Å². The van der Waals surface area contributed by atoms with Crippen LogP contribution < -0.4 is 32.8 Å². The van der Waals surface area contributed by atoms with Gasteiger partial charge in [-0.15, -0.1) is 10.2 Å². The molecular weight excluding hydrogens is 660 g/mol. The van der Waals surface area contributed by atoms with Gasteiger partial charge in [-0.05, 0) is 85.5 Å². The first-order chi connectivity index (χ1) is 24.4. The van der Waals surface area contributed by atoms with Crippen molar-refractivity contribution in [3.63, 3.8) is 0 Å². The fraction of sp³-hybridized carbons (Fsp3) is 0.140. The van der Waals surface area contributed by atoms with Crippen molar-refractivity contribution in [2.24, 2.45) is 0 Å². The molecule has 8 rings (SSSR count). The maximum atomic E-state index is 8.49. The Labute approximate surface area is 300 Å². The largest absolute Gasteiger partial charge is 0.462 e. The zero-order chi connectivity index (χ0) is 36.0. The van der Waals surface area contributed by atoms with Gasteiger partial charge in [0.2, 0.25) is 22.8 Å². The molecule has 0 aliphatic carbocycles. The average Bonchev–Trinajstić information content (AvgIpc) is 3.29. The van der Waals surface area contributed by atoms with Crippen LogP contribution in [0.4, 0.5) is 5.69 Å². The Morgan fingerprint density at radius 1 is 0.627 bits per heavy atom. The van der Waals surface area contributed by atoms with E-state index in [-0.39, 0.29) is 5.41 Å². The monoisotopic (exact) mass is 696 g/mol. The highest BCUT2D eigenvalue weighted by atomic mass is 35.7. The molecule has 0 saturated heterocycles. The van der Waals surface area contributed by atoms with E-state index in [4.69, 9.17) is 23.4 Å². The second-order valence-corrected chi connectivity index (χ2v) is 14.1. The lowest BCUT2D eigenvalue weighted by molar-refractivity contribution is -2.00. The van der Waals surface area contributed by atoms with Gasteiger partial charge in [-0.2, -0.15) is 4.57 Å². The van der Waals surface area contributed by atoms with Crippen molar-refractivity contribution in [1.29, 1.82) is 0 Å². The van der Waals surface area contributed by atoms with Crippen molar-refractivity contribution in [2.45, 2.75) is 31.9 Å². The first-order valence-corrected chi connectivity index (χ1v) is 17.9. The molecule has 1 aromatic heterocycles. The first kappa shape index (κ1) is 34.2. The van der Waals surface area contributed by atoms with Gasteiger partial charge >= 0.3 is 0 Å². The molecular formula is C43H37ClN2O5. The molecule has 3 heterocycles. The molecule has 0 radical (unpaired) electrons. The van der Waals surface area contributed by atoms with Crippen LogP contribution in [0.1, 0.15) is 30.5 Å². The second-order valence-electron chi connectivity index (χ2n) is 13.3. The van der Waals surface area contributed by atoms with E-state index < -0.39 is 16.0 Å². The molecule has 0 N–H and O–H groups in total. The number of aryl methyl sites for hydroxylation is 1. The molecule has 8 heteroatoms. The Kier molecular flexibility index (Phi) is 8.79. The number of fused-ring (bicyclic) bond motifs is 2. The van der Waals surface area contributed by atoms with Crippen LogP contribution in [-0.4, -0.2) is 12.8 Å². The lowest BCUT2D eigenvalue weighted by atomic mass is 9.76. The molecule has 0 saturated carbocycles. The molecule has 2 aliphatic rings. The fourth-order valence-corrected chi connectivity index (χ4v) is 7.48. The molecule has 0 bridgehead atoms. The summed E-state index contributed by atoms with van der Waals surface area (Å²) < 4.78 is 43.5. The van der Waals surface area contributed by atoms with Crippen LogP contribution in [0.2, 0.25) is 0 Å². The Morgan fingerprint density at radius 3 is 1.65 bits per heavy atom.